The van der Waals surface area contributed by atoms with Gasteiger partial charge in [-0.2, -0.15) is 0 Å². The standard InChI is InChI=1S/C16H17NO3S/c1-12-8-10-15(11-9-12)21(19,20)17-16(18)13(2)14-6-4-3-5-7-14/h3-11,13H,1-2H3,(H,17,18)/t13-/m1/s1. The van der Waals surface area contributed by atoms with Crippen molar-refractivity contribution in [1.82, 2.24) is 4.72 Å². The highest BCUT2D eigenvalue weighted by Gasteiger charge is 2.22. The van der Waals surface area contributed by atoms with E-state index < -0.39 is 21.8 Å². The molecule has 5 heteroatoms. The molecule has 4 nitrogen and oxygen atoms in total. The van der Waals surface area contributed by atoms with Crippen LogP contribution in [0.5, 0.6) is 0 Å². The summed E-state index contributed by atoms with van der Waals surface area (Å²) in [4.78, 5) is 12.2. The average Bonchev–Trinajstić information content (AvgIpc) is 2.47. The molecule has 0 aliphatic rings. The number of hydrogen-bond acceptors (Lipinski definition) is 3. The molecule has 1 atom stereocenters. The summed E-state index contributed by atoms with van der Waals surface area (Å²) in [6.45, 7) is 3.54. The van der Waals surface area contributed by atoms with Gasteiger partial charge < -0.3 is 0 Å². The molecular formula is C16H17NO3S. The molecule has 0 saturated heterocycles. The van der Waals surface area contributed by atoms with Gasteiger partial charge in [-0.1, -0.05) is 48.0 Å². The van der Waals surface area contributed by atoms with E-state index in [0.717, 1.165) is 11.1 Å². The SMILES string of the molecule is Cc1ccc(S(=O)(=O)NC(=O)[C@H](C)c2ccccc2)cc1. The molecule has 0 fully saturated rings. The molecule has 21 heavy (non-hydrogen) atoms. The van der Waals surface area contributed by atoms with E-state index in [1.807, 2.05) is 25.1 Å². The van der Waals surface area contributed by atoms with Crippen molar-refractivity contribution in [3.8, 4) is 0 Å². The lowest BCUT2D eigenvalue weighted by Gasteiger charge is -2.13. The summed E-state index contributed by atoms with van der Waals surface area (Å²) >= 11 is 0. The molecule has 2 aromatic carbocycles. The number of sulfonamides is 1. The molecule has 1 N–H and O–H groups in total. The molecule has 0 spiro atoms. The predicted molar refractivity (Wildman–Crippen MR) is 81.4 cm³/mol. The van der Waals surface area contributed by atoms with Crippen LogP contribution >= 0.6 is 0 Å². The lowest BCUT2D eigenvalue weighted by Crippen LogP contribution is -2.33. The van der Waals surface area contributed by atoms with Crippen molar-refractivity contribution in [2.45, 2.75) is 24.7 Å². The first kappa shape index (κ1) is 15.3. The number of carbonyl (C=O) groups excluding carboxylic acids is 1. The quantitative estimate of drug-likeness (QED) is 0.944. The van der Waals surface area contributed by atoms with Gasteiger partial charge in [0.2, 0.25) is 5.91 Å². The second-order valence-corrected chi connectivity index (χ2v) is 6.60. The van der Waals surface area contributed by atoms with E-state index in [0.29, 0.717) is 0 Å². The molecule has 110 valence electrons. The van der Waals surface area contributed by atoms with Gasteiger partial charge in [0.15, 0.2) is 0 Å². The Bertz CT molecular complexity index is 722. The Morgan fingerprint density at radius 2 is 1.57 bits per heavy atom. The van der Waals surface area contributed by atoms with Gasteiger partial charge in [0, 0.05) is 0 Å². The largest absolute Gasteiger partial charge is 0.273 e. The minimum atomic E-state index is -3.83. The number of rotatable bonds is 4. The molecule has 1 amide bonds. The van der Waals surface area contributed by atoms with Crippen LogP contribution < -0.4 is 4.72 Å². The van der Waals surface area contributed by atoms with E-state index in [1.54, 1.807) is 31.2 Å². The molecule has 0 heterocycles. The number of carbonyl (C=O) groups is 1. The topological polar surface area (TPSA) is 63.2 Å². The van der Waals surface area contributed by atoms with Gasteiger partial charge in [0.1, 0.15) is 0 Å². The molecule has 0 unspecified atom stereocenters. The van der Waals surface area contributed by atoms with Gasteiger partial charge in [-0.25, -0.2) is 13.1 Å². The Hall–Kier alpha value is -2.14. The Morgan fingerprint density at radius 1 is 1.00 bits per heavy atom. The maximum absolute atomic E-state index is 12.2. The summed E-state index contributed by atoms with van der Waals surface area (Å²) in [5, 5.41) is 0. The lowest BCUT2D eigenvalue weighted by molar-refractivity contribution is -0.120. The summed E-state index contributed by atoms with van der Waals surface area (Å²) in [5.74, 6) is -1.08. The summed E-state index contributed by atoms with van der Waals surface area (Å²) in [5.41, 5.74) is 1.73. The summed E-state index contributed by atoms with van der Waals surface area (Å²) in [6, 6.07) is 15.4. The zero-order valence-electron chi connectivity index (χ0n) is 11.9. The van der Waals surface area contributed by atoms with Gasteiger partial charge in [0.05, 0.1) is 10.8 Å². The van der Waals surface area contributed by atoms with Crippen LogP contribution in [0.15, 0.2) is 59.5 Å². The number of amides is 1. The van der Waals surface area contributed by atoms with E-state index in [4.69, 9.17) is 0 Å². The fourth-order valence-electron chi connectivity index (χ4n) is 1.89. The lowest BCUT2D eigenvalue weighted by atomic mass is 10.0. The van der Waals surface area contributed by atoms with E-state index >= 15 is 0 Å². The van der Waals surface area contributed by atoms with Gasteiger partial charge >= 0.3 is 0 Å². The van der Waals surface area contributed by atoms with E-state index in [1.165, 1.54) is 12.1 Å². The van der Waals surface area contributed by atoms with Crippen LogP contribution in [0.3, 0.4) is 0 Å². The molecule has 2 aromatic rings. The molecular weight excluding hydrogens is 286 g/mol. The zero-order valence-corrected chi connectivity index (χ0v) is 12.7. The van der Waals surface area contributed by atoms with Crippen molar-refractivity contribution in [1.29, 1.82) is 0 Å². The van der Waals surface area contributed by atoms with Crippen LogP contribution in [-0.2, 0) is 14.8 Å². The zero-order chi connectivity index (χ0) is 15.5. The van der Waals surface area contributed by atoms with Gasteiger partial charge in [0.25, 0.3) is 10.0 Å². The number of hydrogen-bond donors (Lipinski definition) is 1. The minimum Gasteiger partial charge on any atom is -0.273 e. The number of aryl methyl sites for hydroxylation is 1. The Kier molecular flexibility index (Phi) is 4.43. The van der Waals surface area contributed by atoms with E-state index in [2.05, 4.69) is 4.72 Å². The second-order valence-electron chi connectivity index (χ2n) is 4.92. The molecule has 0 aliphatic carbocycles. The predicted octanol–water partition coefficient (Wildman–Crippen LogP) is 2.60. The maximum Gasteiger partial charge on any atom is 0.264 e. The Labute approximate surface area is 124 Å². The molecule has 0 bridgehead atoms. The van der Waals surface area contributed by atoms with Gasteiger partial charge in [-0.3, -0.25) is 4.79 Å². The van der Waals surface area contributed by atoms with Crippen molar-refractivity contribution in [3.05, 3.63) is 65.7 Å². The van der Waals surface area contributed by atoms with Crippen LogP contribution in [0.1, 0.15) is 24.0 Å². The monoisotopic (exact) mass is 303 g/mol. The van der Waals surface area contributed by atoms with Gasteiger partial charge in [-0.05, 0) is 31.5 Å². The van der Waals surface area contributed by atoms with Crippen molar-refractivity contribution in [2.24, 2.45) is 0 Å². The van der Waals surface area contributed by atoms with Crippen LogP contribution in [0.4, 0.5) is 0 Å². The third-order valence-electron chi connectivity index (χ3n) is 3.26. The molecule has 2 rings (SSSR count). The van der Waals surface area contributed by atoms with Gasteiger partial charge in [-0.15, -0.1) is 0 Å². The van der Waals surface area contributed by atoms with E-state index in [9.17, 15) is 13.2 Å². The fraction of sp³-hybridized carbons (Fsp3) is 0.188. The second kappa shape index (κ2) is 6.10. The van der Waals surface area contributed by atoms with Crippen LogP contribution in [0.25, 0.3) is 0 Å². The van der Waals surface area contributed by atoms with Crippen LogP contribution in [0, 0.1) is 6.92 Å². The molecule has 0 radical (unpaired) electrons. The Morgan fingerprint density at radius 3 is 2.14 bits per heavy atom. The minimum absolute atomic E-state index is 0.0849. The summed E-state index contributed by atoms with van der Waals surface area (Å²) < 4.78 is 26.4. The van der Waals surface area contributed by atoms with Crippen molar-refractivity contribution >= 4 is 15.9 Å². The highest BCUT2D eigenvalue weighted by molar-refractivity contribution is 7.90. The smallest absolute Gasteiger partial charge is 0.264 e. The third kappa shape index (κ3) is 3.70. The number of nitrogens with one attached hydrogen (secondary N) is 1. The first-order valence-electron chi connectivity index (χ1n) is 6.58. The summed E-state index contributed by atoms with van der Waals surface area (Å²) in [6.07, 6.45) is 0. The molecule has 0 saturated carbocycles. The third-order valence-corrected chi connectivity index (χ3v) is 4.62. The first-order valence-corrected chi connectivity index (χ1v) is 8.07. The molecule has 0 aliphatic heterocycles. The highest BCUT2D eigenvalue weighted by atomic mass is 32.2. The van der Waals surface area contributed by atoms with Crippen LogP contribution in [0.2, 0.25) is 0 Å². The first-order chi connectivity index (χ1) is 9.90. The van der Waals surface area contributed by atoms with Crippen molar-refractivity contribution in [3.63, 3.8) is 0 Å². The van der Waals surface area contributed by atoms with E-state index in [-0.39, 0.29) is 4.90 Å². The van der Waals surface area contributed by atoms with Crippen molar-refractivity contribution in [2.75, 3.05) is 0 Å². The maximum atomic E-state index is 12.2. The average molecular weight is 303 g/mol. The molecule has 0 aromatic heterocycles. The summed E-state index contributed by atoms with van der Waals surface area (Å²) in [7, 11) is -3.83. The number of benzene rings is 2. The Balaban J connectivity index is 2.17. The van der Waals surface area contributed by atoms with Crippen molar-refractivity contribution < 1.29 is 13.2 Å². The highest BCUT2D eigenvalue weighted by Crippen LogP contribution is 2.16. The van der Waals surface area contributed by atoms with Crippen LogP contribution in [-0.4, -0.2) is 14.3 Å². The normalized spacial score (nSPS) is 12.7. The fourth-order valence-corrected chi connectivity index (χ4v) is 2.94.